The van der Waals surface area contributed by atoms with Crippen molar-refractivity contribution >= 4 is 17.6 Å². The summed E-state index contributed by atoms with van der Waals surface area (Å²) in [5.41, 5.74) is 1.65. The Morgan fingerprint density at radius 3 is 2.75 bits per heavy atom. The molecule has 0 saturated carbocycles. The number of anilines is 1. The highest BCUT2D eigenvalue weighted by atomic mass is 16.4. The summed E-state index contributed by atoms with van der Waals surface area (Å²) in [7, 11) is 0. The molecule has 1 atom stereocenters. The Hall–Kier alpha value is -2.04. The molecule has 0 fully saturated rings. The molecule has 0 aromatic heterocycles. The molecule has 1 amide bonds. The molecule has 20 heavy (non-hydrogen) atoms. The molecular weight excluding hydrogens is 256 g/mol. The summed E-state index contributed by atoms with van der Waals surface area (Å²) in [4.78, 5) is 25.1. The maximum Gasteiger partial charge on any atom is 0.311 e. The third-order valence-electron chi connectivity index (χ3n) is 3.42. The maximum absolute atomic E-state index is 11.9. The minimum Gasteiger partial charge on any atom is -0.481 e. The monoisotopic (exact) mass is 276 g/mol. The van der Waals surface area contributed by atoms with Gasteiger partial charge in [0.1, 0.15) is 0 Å². The molecule has 0 saturated heterocycles. The molecular formula is C15H20N2O3. The summed E-state index contributed by atoms with van der Waals surface area (Å²) >= 11 is 0. The number of hydrogen-bond donors (Lipinski definition) is 2. The predicted octanol–water partition coefficient (Wildman–Crippen LogP) is 1.59. The van der Waals surface area contributed by atoms with Crippen molar-refractivity contribution in [1.82, 2.24) is 5.32 Å². The Morgan fingerprint density at radius 2 is 2.10 bits per heavy atom. The average molecular weight is 276 g/mol. The van der Waals surface area contributed by atoms with Crippen molar-refractivity contribution in [1.29, 1.82) is 0 Å². The minimum absolute atomic E-state index is 0.0384. The number of hydrogen-bond acceptors (Lipinski definition) is 3. The molecule has 1 unspecified atom stereocenters. The summed E-state index contributed by atoms with van der Waals surface area (Å²) in [5, 5.41) is 12.1. The number of aliphatic carboxylic acids is 1. The summed E-state index contributed by atoms with van der Waals surface area (Å²) in [6.07, 6.45) is 0.529. The highest BCUT2D eigenvalue weighted by Crippen LogP contribution is 2.34. The van der Waals surface area contributed by atoms with Gasteiger partial charge in [-0.1, -0.05) is 18.2 Å². The zero-order valence-corrected chi connectivity index (χ0v) is 11.8. The lowest BCUT2D eigenvalue weighted by atomic mass is 9.90. The fraction of sp³-hybridized carbons (Fsp3) is 0.467. The molecule has 5 heteroatoms. The van der Waals surface area contributed by atoms with Crippen LogP contribution in [0.2, 0.25) is 0 Å². The van der Waals surface area contributed by atoms with E-state index in [1.807, 2.05) is 43.0 Å². The number of nitrogens with one attached hydrogen (secondary N) is 1. The van der Waals surface area contributed by atoms with Gasteiger partial charge < -0.3 is 15.3 Å². The maximum atomic E-state index is 11.9. The molecule has 5 nitrogen and oxygen atoms in total. The number of nitrogens with zero attached hydrogens (tertiary/aromatic N) is 1. The van der Waals surface area contributed by atoms with Crippen LogP contribution in [0.15, 0.2) is 24.3 Å². The molecule has 1 aliphatic rings. The fourth-order valence-electron chi connectivity index (χ4n) is 2.59. The van der Waals surface area contributed by atoms with E-state index in [2.05, 4.69) is 5.32 Å². The highest BCUT2D eigenvalue weighted by Gasteiger charge is 2.30. The Bertz CT molecular complexity index is 514. The minimum atomic E-state index is -0.802. The first-order valence-electron chi connectivity index (χ1n) is 6.85. The van der Waals surface area contributed by atoms with E-state index in [1.165, 1.54) is 0 Å². The van der Waals surface area contributed by atoms with E-state index in [9.17, 15) is 14.7 Å². The SMILES string of the molecule is CC(C)NC(=O)CN1CCC(C(=O)O)c2ccccc21. The Balaban J connectivity index is 2.19. The molecule has 0 bridgehead atoms. The zero-order valence-electron chi connectivity index (χ0n) is 11.8. The van der Waals surface area contributed by atoms with E-state index in [0.29, 0.717) is 13.0 Å². The molecule has 108 valence electrons. The summed E-state index contributed by atoms with van der Waals surface area (Å²) in [6.45, 7) is 4.69. The van der Waals surface area contributed by atoms with Gasteiger partial charge in [0, 0.05) is 18.3 Å². The molecule has 1 aromatic rings. The van der Waals surface area contributed by atoms with Crippen molar-refractivity contribution in [3.05, 3.63) is 29.8 Å². The molecule has 1 aromatic carbocycles. The number of carbonyl (C=O) groups is 2. The first-order valence-corrected chi connectivity index (χ1v) is 6.85. The zero-order chi connectivity index (χ0) is 14.7. The lowest BCUT2D eigenvalue weighted by molar-refractivity contribution is -0.139. The quantitative estimate of drug-likeness (QED) is 0.876. The van der Waals surface area contributed by atoms with Crippen molar-refractivity contribution in [3.8, 4) is 0 Å². The van der Waals surface area contributed by atoms with Crippen LogP contribution in [-0.2, 0) is 9.59 Å². The topological polar surface area (TPSA) is 69.6 Å². The van der Waals surface area contributed by atoms with Gasteiger partial charge >= 0.3 is 5.97 Å². The van der Waals surface area contributed by atoms with E-state index in [1.54, 1.807) is 0 Å². The normalized spacial score (nSPS) is 17.8. The first kappa shape index (κ1) is 14.4. The molecule has 2 rings (SSSR count). The molecule has 0 spiro atoms. The Morgan fingerprint density at radius 1 is 1.40 bits per heavy atom. The number of rotatable bonds is 4. The van der Waals surface area contributed by atoms with Gasteiger partial charge in [0.2, 0.25) is 5.91 Å². The molecule has 1 heterocycles. The lowest BCUT2D eigenvalue weighted by Crippen LogP contribution is -2.43. The van der Waals surface area contributed by atoms with Crippen LogP contribution in [0.5, 0.6) is 0 Å². The van der Waals surface area contributed by atoms with Gasteiger partial charge in [0.05, 0.1) is 12.5 Å². The number of carboxylic acid groups (broad SMARTS) is 1. The number of fused-ring (bicyclic) bond motifs is 1. The van der Waals surface area contributed by atoms with Gasteiger partial charge in [-0.05, 0) is 31.9 Å². The van der Waals surface area contributed by atoms with Crippen molar-refractivity contribution in [2.45, 2.75) is 32.2 Å². The van der Waals surface area contributed by atoms with Gasteiger partial charge in [-0.15, -0.1) is 0 Å². The van der Waals surface area contributed by atoms with Crippen LogP contribution in [0.25, 0.3) is 0 Å². The molecule has 1 aliphatic heterocycles. The van der Waals surface area contributed by atoms with E-state index in [4.69, 9.17) is 0 Å². The van der Waals surface area contributed by atoms with Crippen LogP contribution in [0, 0.1) is 0 Å². The summed E-state index contributed by atoms with van der Waals surface area (Å²) in [5.74, 6) is -1.32. The number of para-hydroxylation sites is 1. The van der Waals surface area contributed by atoms with Crippen LogP contribution in [0.3, 0.4) is 0 Å². The van der Waals surface area contributed by atoms with Crippen LogP contribution >= 0.6 is 0 Å². The third-order valence-corrected chi connectivity index (χ3v) is 3.42. The second-order valence-corrected chi connectivity index (χ2v) is 5.38. The van der Waals surface area contributed by atoms with Crippen molar-refractivity contribution in [3.63, 3.8) is 0 Å². The molecule has 2 N–H and O–H groups in total. The smallest absolute Gasteiger partial charge is 0.311 e. The highest BCUT2D eigenvalue weighted by molar-refractivity contribution is 5.84. The fourth-order valence-corrected chi connectivity index (χ4v) is 2.59. The second-order valence-electron chi connectivity index (χ2n) is 5.38. The van der Waals surface area contributed by atoms with Crippen LogP contribution < -0.4 is 10.2 Å². The summed E-state index contributed by atoms with van der Waals surface area (Å²) < 4.78 is 0. The number of amides is 1. The standard InChI is InChI=1S/C15H20N2O3/c1-10(2)16-14(18)9-17-8-7-12(15(19)20)11-5-3-4-6-13(11)17/h3-6,10,12H,7-9H2,1-2H3,(H,16,18)(H,19,20). The van der Waals surface area contributed by atoms with Gasteiger partial charge in [-0.2, -0.15) is 0 Å². The van der Waals surface area contributed by atoms with Crippen LogP contribution in [0.4, 0.5) is 5.69 Å². The molecule has 0 aliphatic carbocycles. The van der Waals surface area contributed by atoms with Gasteiger partial charge in [-0.25, -0.2) is 0 Å². The van der Waals surface area contributed by atoms with E-state index in [0.717, 1.165) is 11.3 Å². The number of benzene rings is 1. The van der Waals surface area contributed by atoms with Gasteiger partial charge in [0.15, 0.2) is 0 Å². The number of carbonyl (C=O) groups excluding carboxylic acids is 1. The van der Waals surface area contributed by atoms with E-state index < -0.39 is 11.9 Å². The molecule has 0 radical (unpaired) electrons. The average Bonchev–Trinajstić information content (AvgIpc) is 2.37. The summed E-state index contributed by atoms with van der Waals surface area (Å²) in [6, 6.07) is 7.53. The Labute approximate surface area is 118 Å². The van der Waals surface area contributed by atoms with Gasteiger partial charge in [-0.3, -0.25) is 9.59 Å². The predicted molar refractivity (Wildman–Crippen MR) is 76.9 cm³/mol. The van der Waals surface area contributed by atoms with E-state index >= 15 is 0 Å². The second kappa shape index (κ2) is 5.94. The third kappa shape index (κ3) is 3.10. The van der Waals surface area contributed by atoms with Crippen LogP contribution in [0.1, 0.15) is 31.7 Å². The van der Waals surface area contributed by atoms with Gasteiger partial charge in [0.25, 0.3) is 0 Å². The largest absolute Gasteiger partial charge is 0.481 e. The first-order chi connectivity index (χ1) is 9.49. The Kier molecular flexibility index (Phi) is 4.27. The van der Waals surface area contributed by atoms with Crippen molar-refractivity contribution < 1.29 is 14.7 Å². The van der Waals surface area contributed by atoms with E-state index in [-0.39, 0.29) is 18.5 Å². The van der Waals surface area contributed by atoms with Crippen LogP contribution in [-0.4, -0.2) is 36.1 Å². The van der Waals surface area contributed by atoms with Crippen molar-refractivity contribution in [2.24, 2.45) is 0 Å². The lowest BCUT2D eigenvalue weighted by Gasteiger charge is -2.33. The van der Waals surface area contributed by atoms with Crippen molar-refractivity contribution in [2.75, 3.05) is 18.0 Å². The number of carboxylic acids is 1.